The van der Waals surface area contributed by atoms with E-state index >= 15 is 0 Å². The normalized spacial score (nSPS) is 20.0. The van der Waals surface area contributed by atoms with Crippen LogP contribution in [0.25, 0.3) is 0 Å². The number of ether oxygens (including phenoxy) is 2. The maximum absolute atomic E-state index is 13.7. The second kappa shape index (κ2) is 9.76. The molecule has 2 aromatic rings. The van der Waals surface area contributed by atoms with Gasteiger partial charge in [-0.2, -0.15) is 0 Å². The van der Waals surface area contributed by atoms with E-state index in [4.69, 9.17) is 9.47 Å². The van der Waals surface area contributed by atoms with Crippen molar-refractivity contribution < 1.29 is 33.3 Å². The average Bonchev–Trinajstić information content (AvgIpc) is 2.76. The molecule has 0 spiro atoms. The highest BCUT2D eigenvalue weighted by molar-refractivity contribution is 5.92. The van der Waals surface area contributed by atoms with Crippen molar-refractivity contribution in [3.63, 3.8) is 0 Å². The number of para-hydroxylation sites is 1. The summed E-state index contributed by atoms with van der Waals surface area (Å²) in [5, 5.41) is 5.54. The van der Waals surface area contributed by atoms with E-state index in [-0.39, 0.29) is 24.0 Å². The van der Waals surface area contributed by atoms with E-state index < -0.39 is 5.82 Å². The van der Waals surface area contributed by atoms with Gasteiger partial charge in [-0.25, -0.2) is 4.39 Å². The monoisotopic (exact) mass is 430 g/mol. The largest absolute Gasteiger partial charge is 0.486 e. The van der Waals surface area contributed by atoms with Crippen molar-refractivity contribution in [1.82, 2.24) is 0 Å². The molecule has 4 rings (SSSR count). The molecule has 2 heterocycles. The fourth-order valence-corrected chi connectivity index (χ4v) is 3.85. The Balaban J connectivity index is 1.20. The van der Waals surface area contributed by atoms with Gasteiger partial charge in [0.25, 0.3) is 11.8 Å². The molecule has 4 N–H and O–H groups in total. The molecule has 0 bridgehead atoms. The van der Waals surface area contributed by atoms with Crippen molar-refractivity contribution in [2.45, 2.75) is 0 Å². The minimum atomic E-state index is -0.441. The molecule has 9 heteroatoms. The Morgan fingerprint density at radius 3 is 2.13 bits per heavy atom. The quantitative estimate of drug-likeness (QED) is 0.472. The Morgan fingerprint density at radius 2 is 1.45 bits per heavy atom. The summed E-state index contributed by atoms with van der Waals surface area (Å²) < 4.78 is 24.7. The Morgan fingerprint density at radius 1 is 0.839 bits per heavy atom. The van der Waals surface area contributed by atoms with Gasteiger partial charge in [-0.3, -0.25) is 9.59 Å². The number of piperazine rings is 1. The number of fused-ring (bicyclic) bond motifs is 1. The Bertz CT molecular complexity index is 947. The maximum Gasteiger partial charge on any atom is 0.279 e. The lowest BCUT2D eigenvalue weighted by molar-refractivity contribution is -1.00. The first-order valence-electron chi connectivity index (χ1n) is 10.5. The molecular weight excluding hydrogens is 403 g/mol. The molecule has 0 aromatic heterocycles. The zero-order valence-corrected chi connectivity index (χ0v) is 17.2. The van der Waals surface area contributed by atoms with Crippen LogP contribution in [0.15, 0.2) is 42.5 Å². The number of halogens is 1. The number of hydrogen-bond acceptors (Lipinski definition) is 4. The van der Waals surface area contributed by atoms with Crippen LogP contribution in [0.4, 0.5) is 15.8 Å². The molecule has 1 saturated heterocycles. The molecule has 164 valence electrons. The average molecular weight is 430 g/mol. The molecule has 0 aliphatic carbocycles. The highest BCUT2D eigenvalue weighted by atomic mass is 19.1. The number of hydrogen-bond donors (Lipinski definition) is 4. The zero-order chi connectivity index (χ0) is 21.6. The summed E-state index contributed by atoms with van der Waals surface area (Å²) in [7, 11) is 0. The number of rotatable bonds is 6. The molecular formula is C22H27FN4O4+2. The van der Waals surface area contributed by atoms with Crippen LogP contribution in [0.2, 0.25) is 0 Å². The van der Waals surface area contributed by atoms with E-state index in [0.29, 0.717) is 36.9 Å². The van der Waals surface area contributed by atoms with Crippen molar-refractivity contribution >= 4 is 23.2 Å². The molecule has 2 aliphatic rings. The third-order valence-electron chi connectivity index (χ3n) is 5.46. The fraction of sp³-hybridized carbons (Fsp3) is 0.364. The number of anilines is 2. The van der Waals surface area contributed by atoms with Crippen LogP contribution in [0, 0.1) is 5.82 Å². The van der Waals surface area contributed by atoms with Crippen LogP contribution < -0.4 is 29.9 Å². The van der Waals surface area contributed by atoms with Gasteiger partial charge in [-0.05, 0) is 24.3 Å². The highest BCUT2D eigenvalue weighted by Crippen LogP contribution is 2.32. The molecule has 2 aliphatic heterocycles. The zero-order valence-electron chi connectivity index (χ0n) is 17.2. The summed E-state index contributed by atoms with van der Waals surface area (Å²) in [5.74, 6) is 0.617. The van der Waals surface area contributed by atoms with Gasteiger partial charge in [-0.15, -0.1) is 0 Å². The fourth-order valence-electron chi connectivity index (χ4n) is 3.85. The van der Waals surface area contributed by atoms with Gasteiger partial charge in [0.15, 0.2) is 24.6 Å². The van der Waals surface area contributed by atoms with E-state index in [1.54, 1.807) is 36.4 Å². The lowest BCUT2D eigenvalue weighted by atomic mass is 10.2. The van der Waals surface area contributed by atoms with Gasteiger partial charge in [-0.1, -0.05) is 12.1 Å². The summed E-state index contributed by atoms with van der Waals surface area (Å²) >= 11 is 0. The van der Waals surface area contributed by atoms with Crippen molar-refractivity contribution in [3.8, 4) is 11.5 Å². The number of carbonyl (C=O) groups excluding carboxylic acids is 2. The number of quaternary nitrogens is 2. The van der Waals surface area contributed by atoms with Gasteiger partial charge in [0, 0.05) is 11.8 Å². The van der Waals surface area contributed by atoms with Crippen molar-refractivity contribution in [2.75, 3.05) is 63.1 Å². The van der Waals surface area contributed by atoms with E-state index in [1.807, 2.05) is 0 Å². The molecule has 2 amide bonds. The Kier molecular flexibility index (Phi) is 6.63. The summed E-state index contributed by atoms with van der Waals surface area (Å²) in [4.78, 5) is 26.9. The number of benzene rings is 2. The third kappa shape index (κ3) is 5.71. The number of amides is 2. The summed E-state index contributed by atoms with van der Waals surface area (Å²) in [5.41, 5.74) is 0.884. The third-order valence-corrected chi connectivity index (χ3v) is 5.46. The second-order valence-electron chi connectivity index (χ2n) is 7.79. The van der Waals surface area contributed by atoms with Gasteiger partial charge < -0.3 is 29.9 Å². The van der Waals surface area contributed by atoms with Gasteiger partial charge >= 0.3 is 0 Å². The minimum Gasteiger partial charge on any atom is -0.486 e. The molecule has 1 fully saturated rings. The van der Waals surface area contributed by atoms with E-state index in [9.17, 15) is 14.0 Å². The van der Waals surface area contributed by atoms with Crippen LogP contribution in [0.5, 0.6) is 11.5 Å². The second-order valence-corrected chi connectivity index (χ2v) is 7.79. The molecule has 31 heavy (non-hydrogen) atoms. The molecule has 0 unspecified atom stereocenters. The Labute approximate surface area is 179 Å². The van der Waals surface area contributed by atoms with Gasteiger partial charge in [0.2, 0.25) is 0 Å². The highest BCUT2D eigenvalue weighted by Gasteiger charge is 2.26. The first kappa shape index (κ1) is 21.1. The molecule has 2 aromatic carbocycles. The van der Waals surface area contributed by atoms with Crippen LogP contribution in [-0.4, -0.2) is 64.3 Å². The van der Waals surface area contributed by atoms with Crippen LogP contribution in [0.1, 0.15) is 0 Å². The lowest BCUT2D eigenvalue weighted by Gasteiger charge is -2.29. The lowest BCUT2D eigenvalue weighted by Crippen LogP contribution is -3.28. The predicted octanol–water partition coefficient (Wildman–Crippen LogP) is -1.04. The number of carbonyl (C=O) groups is 2. The topological polar surface area (TPSA) is 85.5 Å². The molecule has 0 saturated carbocycles. The van der Waals surface area contributed by atoms with E-state index in [1.165, 1.54) is 11.0 Å². The van der Waals surface area contributed by atoms with E-state index in [0.717, 1.165) is 31.1 Å². The maximum atomic E-state index is 13.7. The van der Waals surface area contributed by atoms with Crippen molar-refractivity contribution in [3.05, 3.63) is 48.3 Å². The first-order valence-corrected chi connectivity index (χ1v) is 10.5. The van der Waals surface area contributed by atoms with Gasteiger partial charge in [0.05, 0.1) is 5.69 Å². The first-order chi connectivity index (χ1) is 15.1. The Hall–Kier alpha value is -3.17. The minimum absolute atomic E-state index is 0.0626. The van der Waals surface area contributed by atoms with Gasteiger partial charge in [0.1, 0.15) is 45.2 Å². The summed E-state index contributed by atoms with van der Waals surface area (Å²) in [6.45, 7) is 4.80. The standard InChI is InChI=1S/C22H25FN4O4/c23-17-3-1-2-4-18(17)25-22(29)15-27-9-7-26(8-10-27)14-21(28)24-16-5-6-19-20(13-16)31-12-11-30-19/h1-6,13H,7-12,14-15H2,(H,24,28)(H,25,29)/p+2. The van der Waals surface area contributed by atoms with Crippen LogP contribution >= 0.6 is 0 Å². The number of nitrogens with one attached hydrogen (secondary N) is 4. The molecule has 0 radical (unpaired) electrons. The van der Waals surface area contributed by atoms with E-state index in [2.05, 4.69) is 10.6 Å². The summed E-state index contributed by atoms with van der Waals surface area (Å²) in [6, 6.07) is 11.5. The molecule has 8 nitrogen and oxygen atoms in total. The van der Waals surface area contributed by atoms with Crippen LogP contribution in [-0.2, 0) is 9.59 Å². The SMILES string of the molecule is O=C(C[NH+]1CC[NH+](CC(=O)Nc2ccccc2F)CC1)Nc1ccc2c(c1)OCCO2. The van der Waals surface area contributed by atoms with Crippen molar-refractivity contribution in [1.29, 1.82) is 0 Å². The smallest absolute Gasteiger partial charge is 0.279 e. The van der Waals surface area contributed by atoms with Crippen LogP contribution in [0.3, 0.4) is 0 Å². The summed E-state index contributed by atoms with van der Waals surface area (Å²) in [6.07, 6.45) is 0. The predicted molar refractivity (Wildman–Crippen MR) is 112 cm³/mol. The molecule has 0 atom stereocenters. The van der Waals surface area contributed by atoms with Crippen molar-refractivity contribution in [2.24, 2.45) is 0 Å².